The Labute approximate surface area is 81.9 Å². The monoisotopic (exact) mass is 198 g/mol. The molecule has 1 aromatic rings. The lowest BCUT2D eigenvalue weighted by Gasteiger charge is -2.01. The lowest BCUT2D eigenvalue weighted by atomic mass is 10.3. The summed E-state index contributed by atoms with van der Waals surface area (Å²) in [6.07, 6.45) is 1.91. The quantitative estimate of drug-likeness (QED) is 0.699. The van der Waals surface area contributed by atoms with Gasteiger partial charge < -0.3 is 11.1 Å². The average molecular weight is 198 g/mol. The summed E-state index contributed by atoms with van der Waals surface area (Å²) in [6, 6.07) is 1.82. The van der Waals surface area contributed by atoms with Gasteiger partial charge in [-0.25, -0.2) is 0 Å². The third kappa shape index (κ3) is 3.57. The summed E-state index contributed by atoms with van der Waals surface area (Å²) in [5.74, 6) is 0.0123. The molecule has 0 aliphatic carbocycles. The van der Waals surface area contributed by atoms with Gasteiger partial charge >= 0.3 is 0 Å². The van der Waals surface area contributed by atoms with Gasteiger partial charge in [0.25, 0.3) is 5.91 Å². The Bertz CT molecular complexity index is 246. The van der Waals surface area contributed by atoms with Crippen molar-refractivity contribution in [2.24, 2.45) is 5.73 Å². The third-order valence-electron chi connectivity index (χ3n) is 1.70. The highest BCUT2D eigenvalue weighted by Gasteiger charge is 2.03. The van der Waals surface area contributed by atoms with Gasteiger partial charge in [-0.2, -0.15) is 11.3 Å². The molecule has 0 spiro atoms. The van der Waals surface area contributed by atoms with Crippen LogP contribution in [0.4, 0.5) is 0 Å². The zero-order chi connectivity index (χ0) is 9.52. The Hall–Kier alpha value is -0.870. The number of thiophene rings is 1. The number of unbranched alkanes of at least 4 members (excludes halogenated alkanes) is 1. The van der Waals surface area contributed by atoms with Crippen molar-refractivity contribution in [3.8, 4) is 0 Å². The number of carbonyl (C=O) groups excluding carboxylic acids is 1. The van der Waals surface area contributed by atoms with Gasteiger partial charge in [0, 0.05) is 17.5 Å². The van der Waals surface area contributed by atoms with E-state index in [2.05, 4.69) is 5.32 Å². The Morgan fingerprint density at radius 2 is 2.38 bits per heavy atom. The molecule has 4 heteroatoms. The van der Waals surface area contributed by atoms with Crippen molar-refractivity contribution in [2.75, 3.05) is 13.1 Å². The molecular weight excluding hydrogens is 184 g/mol. The second-order valence-electron chi connectivity index (χ2n) is 2.76. The summed E-state index contributed by atoms with van der Waals surface area (Å²) in [7, 11) is 0. The van der Waals surface area contributed by atoms with E-state index in [4.69, 9.17) is 5.73 Å². The number of carbonyl (C=O) groups is 1. The topological polar surface area (TPSA) is 55.1 Å². The molecule has 1 rings (SSSR count). The lowest BCUT2D eigenvalue weighted by Crippen LogP contribution is -2.24. The van der Waals surface area contributed by atoms with Gasteiger partial charge in [0.05, 0.1) is 0 Å². The first kappa shape index (κ1) is 10.2. The highest BCUT2D eigenvalue weighted by atomic mass is 32.1. The van der Waals surface area contributed by atoms with E-state index >= 15 is 0 Å². The van der Waals surface area contributed by atoms with Gasteiger partial charge in [0.1, 0.15) is 0 Å². The summed E-state index contributed by atoms with van der Waals surface area (Å²) >= 11 is 1.53. The van der Waals surface area contributed by atoms with Crippen LogP contribution in [0.3, 0.4) is 0 Å². The maximum Gasteiger partial charge on any atom is 0.252 e. The van der Waals surface area contributed by atoms with E-state index in [0.717, 1.165) is 18.4 Å². The fourth-order valence-corrected chi connectivity index (χ4v) is 1.60. The van der Waals surface area contributed by atoms with E-state index in [1.165, 1.54) is 11.3 Å². The van der Waals surface area contributed by atoms with Crippen molar-refractivity contribution in [2.45, 2.75) is 12.8 Å². The zero-order valence-electron chi connectivity index (χ0n) is 7.45. The van der Waals surface area contributed by atoms with E-state index in [1.807, 2.05) is 16.8 Å². The molecule has 0 radical (unpaired) electrons. The van der Waals surface area contributed by atoms with Crippen LogP contribution in [0.15, 0.2) is 16.8 Å². The SMILES string of the molecule is NCCCCNC(=O)c1ccsc1. The molecule has 0 saturated heterocycles. The fraction of sp³-hybridized carbons (Fsp3) is 0.444. The van der Waals surface area contributed by atoms with Crippen molar-refractivity contribution in [1.29, 1.82) is 0 Å². The first-order valence-corrected chi connectivity index (χ1v) is 5.29. The molecule has 0 unspecified atom stereocenters. The first-order chi connectivity index (χ1) is 6.34. The van der Waals surface area contributed by atoms with Crippen LogP contribution in [-0.4, -0.2) is 19.0 Å². The number of rotatable bonds is 5. The Kier molecular flexibility index (Phi) is 4.49. The summed E-state index contributed by atoms with van der Waals surface area (Å²) in [6.45, 7) is 1.40. The first-order valence-electron chi connectivity index (χ1n) is 4.35. The highest BCUT2D eigenvalue weighted by molar-refractivity contribution is 7.08. The van der Waals surface area contributed by atoms with E-state index in [0.29, 0.717) is 13.1 Å². The Morgan fingerprint density at radius 1 is 1.54 bits per heavy atom. The van der Waals surface area contributed by atoms with E-state index in [9.17, 15) is 4.79 Å². The van der Waals surface area contributed by atoms with Crippen LogP contribution in [-0.2, 0) is 0 Å². The standard InChI is InChI=1S/C9H14N2OS/c10-4-1-2-5-11-9(12)8-3-6-13-7-8/h3,6-7H,1-2,4-5,10H2,(H,11,12). The molecule has 0 saturated carbocycles. The zero-order valence-corrected chi connectivity index (χ0v) is 8.27. The van der Waals surface area contributed by atoms with Crippen molar-refractivity contribution >= 4 is 17.2 Å². The van der Waals surface area contributed by atoms with Gasteiger partial charge in [-0.1, -0.05) is 0 Å². The molecule has 0 aromatic carbocycles. The molecule has 1 amide bonds. The molecule has 0 fully saturated rings. The summed E-state index contributed by atoms with van der Waals surface area (Å²) in [4.78, 5) is 11.3. The van der Waals surface area contributed by atoms with Gasteiger partial charge in [-0.05, 0) is 30.8 Å². The van der Waals surface area contributed by atoms with Crippen LogP contribution in [0.2, 0.25) is 0 Å². The van der Waals surface area contributed by atoms with E-state index < -0.39 is 0 Å². The fourth-order valence-electron chi connectivity index (χ4n) is 0.967. The Balaban J connectivity index is 2.19. The lowest BCUT2D eigenvalue weighted by molar-refractivity contribution is 0.0953. The third-order valence-corrected chi connectivity index (χ3v) is 2.38. The minimum atomic E-state index is 0.0123. The normalized spacial score (nSPS) is 9.92. The smallest absolute Gasteiger partial charge is 0.252 e. The summed E-state index contributed by atoms with van der Waals surface area (Å²) in [5.41, 5.74) is 6.08. The number of amides is 1. The van der Waals surface area contributed by atoms with Gasteiger partial charge in [-0.3, -0.25) is 4.79 Å². The van der Waals surface area contributed by atoms with Crippen molar-refractivity contribution < 1.29 is 4.79 Å². The van der Waals surface area contributed by atoms with Crippen LogP contribution < -0.4 is 11.1 Å². The van der Waals surface area contributed by atoms with Crippen LogP contribution in [0.5, 0.6) is 0 Å². The summed E-state index contributed by atoms with van der Waals surface area (Å²) in [5, 5.41) is 6.58. The number of hydrogen-bond donors (Lipinski definition) is 2. The predicted octanol–water partition coefficient (Wildman–Crippen LogP) is 1.22. The molecule has 0 bridgehead atoms. The minimum absolute atomic E-state index is 0.0123. The maximum absolute atomic E-state index is 11.3. The number of hydrogen-bond acceptors (Lipinski definition) is 3. The van der Waals surface area contributed by atoms with Crippen LogP contribution in [0, 0.1) is 0 Å². The molecule has 1 aromatic heterocycles. The molecule has 3 nitrogen and oxygen atoms in total. The van der Waals surface area contributed by atoms with Crippen molar-refractivity contribution in [1.82, 2.24) is 5.32 Å². The second kappa shape index (κ2) is 5.72. The molecule has 13 heavy (non-hydrogen) atoms. The predicted molar refractivity (Wildman–Crippen MR) is 54.9 cm³/mol. The van der Waals surface area contributed by atoms with Crippen LogP contribution >= 0.6 is 11.3 Å². The molecule has 72 valence electrons. The molecule has 3 N–H and O–H groups in total. The Morgan fingerprint density at radius 3 is 3.00 bits per heavy atom. The highest BCUT2D eigenvalue weighted by Crippen LogP contribution is 2.04. The van der Waals surface area contributed by atoms with Crippen molar-refractivity contribution in [3.63, 3.8) is 0 Å². The molecule has 0 aliphatic heterocycles. The van der Waals surface area contributed by atoms with Crippen LogP contribution in [0.1, 0.15) is 23.2 Å². The molecule has 1 heterocycles. The minimum Gasteiger partial charge on any atom is -0.352 e. The largest absolute Gasteiger partial charge is 0.352 e. The molecule has 0 atom stereocenters. The maximum atomic E-state index is 11.3. The average Bonchev–Trinajstić information content (AvgIpc) is 2.65. The van der Waals surface area contributed by atoms with Gasteiger partial charge in [0.2, 0.25) is 0 Å². The second-order valence-corrected chi connectivity index (χ2v) is 3.54. The number of nitrogens with two attached hydrogens (primary N) is 1. The van der Waals surface area contributed by atoms with E-state index in [1.54, 1.807) is 0 Å². The van der Waals surface area contributed by atoms with E-state index in [-0.39, 0.29) is 5.91 Å². The summed E-state index contributed by atoms with van der Waals surface area (Å²) < 4.78 is 0. The number of nitrogens with one attached hydrogen (secondary N) is 1. The molecule has 0 aliphatic rings. The van der Waals surface area contributed by atoms with Crippen LogP contribution in [0.25, 0.3) is 0 Å². The molecular formula is C9H14N2OS. The van der Waals surface area contributed by atoms with Gasteiger partial charge in [0.15, 0.2) is 0 Å². The van der Waals surface area contributed by atoms with Gasteiger partial charge in [-0.15, -0.1) is 0 Å². The van der Waals surface area contributed by atoms with Crippen molar-refractivity contribution in [3.05, 3.63) is 22.4 Å².